The molecule has 1 rings (SSSR count). The molecule has 1 heterocycles. The van der Waals surface area contributed by atoms with Gasteiger partial charge >= 0.3 is 0 Å². The van der Waals surface area contributed by atoms with Crippen LogP contribution in [0.4, 0.5) is 0 Å². The van der Waals surface area contributed by atoms with Crippen LogP contribution >= 0.6 is 11.6 Å². The van der Waals surface area contributed by atoms with E-state index in [0.717, 1.165) is 13.0 Å². The van der Waals surface area contributed by atoms with Gasteiger partial charge in [0.2, 0.25) is 0 Å². The summed E-state index contributed by atoms with van der Waals surface area (Å²) in [4.78, 5) is 12.0. The summed E-state index contributed by atoms with van der Waals surface area (Å²) in [6.45, 7) is 7.06. The van der Waals surface area contributed by atoms with Gasteiger partial charge in [0.25, 0.3) is 5.91 Å². The van der Waals surface area contributed by atoms with Crippen LogP contribution in [0.3, 0.4) is 0 Å². The van der Waals surface area contributed by atoms with Crippen LogP contribution in [-0.2, 0) is 6.54 Å². The van der Waals surface area contributed by atoms with E-state index in [1.165, 1.54) is 0 Å². The Hall–Kier alpha value is -1.00. The maximum absolute atomic E-state index is 12.0. The van der Waals surface area contributed by atoms with Gasteiger partial charge in [-0.3, -0.25) is 4.79 Å². The van der Waals surface area contributed by atoms with Crippen molar-refractivity contribution in [2.24, 2.45) is 5.41 Å². The highest BCUT2D eigenvalue weighted by Crippen LogP contribution is 2.16. The lowest BCUT2D eigenvalue weighted by Gasteiger charge is -2.22. The van der Waals surface area contributed by atoms with Gasteiger partial charge in [-0.15, -0.1) is 0 Å². The predicted octanol–water partition coefficient (Wildman–Crippen LogP) is 2.30. The first-order valence-corrected chi connectivity index (χ1v) is 6.52. The molecule has 2 N–H and O–H groups in total. The molecule has 0 fully saturated rings. The average molecular weight is 273 g/mol. The van der Waals surface area contributed by atoms with Crippen molar-refractivity contribution in [2.75, 3.05) is 13.2 Å². The first-order valence-electron chi connectivity index (χ1n) is 6.14. The Kier molecular flexibility index (Phi) is 5.23. The number of aromatic nitrogens is 1. The van der Waals surface area contributed by atoms with Crippen molar-refractivity contribution < 1.29 is 9.90 Å². The third kappa shape index (κ3) is 4.03. The molecule has 0 atom stereocenters. The van der Waals surface area contributed by atoms with E-state index >= 15 is 0 Å². The summed E-state index contributed by atoms with van der Waals surface area (Å²) in [5.41, 5.74) is 0.248. The summed E-state index contributed by atoms with van der Waals surface area (Å²) < 4.78 is 1.85. The number of aliphatic hydroxyl groups is 1. The van der Waals surface area contributed by atoms with E-state index in [9.17, 15) is 4.79 Å². The lowest BCUT2D eigenvalue weighted by Crippen LogP contribution is -2.36. The molecule has 0 spiro atoms. The second kappa shape index (κ2) is 6.25. The third-order valence-corrected chi connectivity index (χ3v) is 2.92. The minimum Gasteiger partial charge on any atom is -0.396 e. The zero-order valence-corrected chi connectivity index (χ0v) is 11.9. The van der Waals surface area contributed by atoms with Crippen LogP contribution < -0.4 is 5.32 Å². The van der Waals surface area contributed by atoms with Crippen molar-refractivity contribution in [3.8, 4) is 0 Å². The number of aliphatic hydroxyl groups excluding tert-OH is 1. The van der Waals surface area contributed by atoms with Crippen molar-refractivity contribution >= 4 is 17.5 Å². The molecule has 102 valence electrons. The fourth-order valence-corrected chi connectivity index (χ4v) is 1.78. The molecule has 4 nitrogen and oxygen atoms in total. The Labute approximate surface area is 113 Å². The Morgan fingerprint density at radius 3 is 2.78 bits per heavy atom. The van der Waals surface area contributed by atoms with Gasteiger partial charge in [-0.25, -0.2) is 0 Å². The molecule has 0 unspecified atom stereocenters. The standard InChI is InChI=1S/C13H21ClN2O2/c1-4-5-16-7-10(14)6-11(16)12(18)15-8-13(2,3)9-17/h6-7,17H,4-5,8-9H2,1-3H3,(H,15,18). The Morgan fingerprint density at radius 1 is 1.56 bits per heavy atom. The predicted molar refractivity (Wildman–Crippen MR) is 72.9 cm³/mol. The highest BCUT2D eigenvalue weighted by Gasteiger charge is 2.19. The van der Waals surface area contributed by atoms with Gasteiger partial charge in [-0.1, -0.05) is 32.4 Å². The van der Waals surface area contributed by atoms with Gasteiger partial charge < -0.3 is 15.0 Å². The summed E-state index contributed by atoms with van der Waals surface area (Å²) in [6, 6.07) is 1.67. The van der Waals surface area contributed by atoms with Crippen LogP contribution in [0, 0.1) is 5.41 Å². The number of rotatable bonds is 6. The van der Waals surface area contributed by atoms with Crippen LogP contribution in [0.25, 0.3) is 0 Å². The third-order valence-electron chi connectivity index (χ3n) is 2.72. The normalized spacial score (nSPS) is 11.6. The number of hydrogen-bond acceptors (Lipinski definition) is 2. The molecule has 0 bridgehead atoms. The number of hydrogen-bond donors (Lipinski definition) is 2. The molecule has 1 aromatic heterocycles. The van der Waals surface area contributed by atoms with Gasteiger partial charge in [0.1, 0.15) is 5.69 Å². The monoisotopic (exact) mass is 272 g/mol. The fourth-order valence-electron chi connectivity index (χ4n) is 1.56. The zero-order valence-electron chi connectivity index (χ0n) is 11.2. The molecule has 5 heteroatoms. The Balaban J connectivity index is 2.72. The molecule has 1 amide bonds. The molecule has 0 aliphatic heterocycles. The van der Waals surface area contributed by atoms with E-state index in [1.54, 1.807) is 12.3 Å². The fraction of sp³-hybridized carbons (Fsp3) is 0.615. The topological polar surface area (TPSA) is 54.3 Å². The molecule has 0 saturated heterocycles. The van der Waals surface area contributed by atoms with E-state index in [0.29, 0.717) is 17.3 Å². The van der Waals surface area contributed by atoms with Gasteiger partial charge in [-0.2, -0.15) is 0 Å². The molecule has 0 aliphatic rings. The van der Waals surface area contributed by atoms with Crippen molar-refractivity contribution in [3.63, 3.8) is 0 Å². The second-order valence-corrected chi connectivity index (χ2v) is 5.68. The van der Waals surface area contributed by atoms with Crippen LogP contribution in [-0.4, -0.2) is 28.7 Å². The summed E-state index contributed by atoms with van der Waals surface area (Å²) in [6.07, 6.45) is 2.70. The summed E-state index contributed by atoms with van der Waals surface area (Å²) in [5.74, 6) is -0.156. The second-order valence-electron chi connectivity index (χ2n) is 5.24. The van der Waals surface area contributed by atoms with E-state index in [2.05, 4.69) is 5.32 Å². The molecular weight excluding hydrogens is 252 g/mol. The smallest absolute Gasteiger partial charge is 0.267 e. The maximum atomic E-state index is 12.0. The van der Waals surface area contributed by atoms with Crippen LogP contribution in [0.5, 0.6) is 0 Å². The van der Waals surface area contributed by atoms with Crippen molar-refractivity contribution in [3.05, 3.63) is 23.0 Å². The summed E-state index contributed by atoms with van der Waals surface area (Å²) in [7, 11) is 0. The Bertz CT molecular complexity index is 413. The van der Waals surface area contributed by atoms with Crippen molar-refractivity contribution in [1.29, 1.82) is 0 Å². The minimum atomic E-state index is -0.318. The molecule has 1 aromatic rings. The largest absolute Gasteiger partial charge is 0.396 e. The number of nitrogens with zero attached hydrogens (tertiary/aromatic N) is 1. The van der Waals surface area contributed by atoms with Gasteiger partial charge in [0.05, 0.1) is 5.02 Å². The van der Waals surface area contributed by atoms with E-state index in [1.807, 2.05) is 25.3 Å². The number of nitrogens with one attached hydrogen (secondary N) is 1. The molecule has 0 saturated carbocycles. The Morgan fingerprint density at radius 2 is 2.22 bits per heavy atom. The highest BCUT2D eigenvalue weighted by molar-refractivity contribution is 6.31. The van der Waals surface area contributed by atoms with Crippen LogP contribution in [0.2, 0.25) is 5.02 Å². The highest BCUT2D eigenvalue weighted by atomic mass is 35.5. The molecule has 18 heavy (non-hydrogen) atoms. The van der Waals surface area contributed by atoms with Crippen molar-refractivity contribution in [1.82, 2.24) is 9.88 Å². The quantitative estimate of drug-likeness (QED) is 0.835. The van der Waals surface area contributed by atoms with Gasteiger partial charge in [-0.05, 0) is 12.5 Å². The average Bonchev–Trinajstić information content (AvgIpc) is 2.68. The number of aryl methyl sites for hydroxylation is 1. The summed E-state index contributed by atoms with van der Waals surface area (Å²) in [5, 5.41) is 12.5. The summed E-state index contributed by atoms with van der Waals surface area (Å²) >= 11 is 5.92. The number of carbonyl (C=O) groups excluding carboxylic acids is 1. The number of amides is 1. The van der Waals surface area contributed by atoms with Gasteiger partial charge in [0, 0.05) is 31.3 Å². The first-order chi connectivity index (χ1) is 8.39. The number of carbonyl (C=O) groups is 1. The van der Waals surface area contributed by atoms with E-state index in [-0.39, 0.29) is 17.9 Å². The van der Waals surface area contributed by atoms with Crippen molar-refractivity contribution in [2.45, 2.75) is 33.7 Å². The molecular formula is C13H21ClN2O2. The number of halogens is 1. The van der Waals surface area contributed by atoms with Crippen LogP contribution in [0.15, 0.2) is 12.3 Å². The zero-order chi connectivity index (χ0) is 13.8. The SMILES string of the molecule is CCCn1cc(Cl)cc1C(=O)NCC(C)(C)CO. The first kappa shape index (κ1) is 15.1. The van der Waals surface area contributed by atoms with Gasteiger partial charge in [0.15, 0.2) is 0 Å². The minimum absolute atomic E-state index is 0.0318. The van der Waals surface area contributed by atoms with E-state index < -0.39 is 0 Å². The molecule has 0 radical (unpaired) electrons. The van der Waals surface area contributed by atoms with E-state index in [4.69, 9.17) is 16.7 Å². The molecule has 0 aliphatic carbocycles. The lowest BCUT2D eigenvalue weighted by molar-refractivity contribution is 0.0902. The lowest BCUT2D eigenvalue weighted by atomic mass is 9.95. The maximum Gasteiger partial charge on any atom is 0.267 e. The molecule has 0 aromatic carbocycles. The van der Waals surface area contributed by atoms with Crippen LogP contribution in [0.1, 0.15) is 37.7 Å².